The van der Waals surface area contributed by atoms with Gasteiger partial charge in [0.05, 0.1) is 6.07 Å². The molecule has 102 valence electrons. The molecule has 1 unspecified atom stereocenters. The Morgan fingerprint density at radius 1 is 1.10 bits per heavy atom. The number of hydrogen-bond acceptors (Lipinski definition) is 3. The number of hydrogen-bond donors (Lipinski definition) is 0. The number of rotatable bonds is 5. The molecule has 1 atom stereocenters. The fraction of sp³-hybridized carbons (Fsp3) is 0.235. The third-order valence-electron chi connectivity index (χ3n) is 3.06. The summed E-state index contributed by atoms with van der Waals surface area (Å²) in [7, 11) is 3.79. The van der Waals surface area contributed by atoms with Crippen LogP contribution in [0.15, 0.2) is 54.6 Å². The first-order chi connectivity index (χ1) is 9.70. The second kappa shape index (κ2) is 6.74. The van der Waals surface area contributed by atoms with Crippen molar-refractivity contribution in [2.75, 3.05) is 14.1 Å². The van der Waals surface area contributed by atoms with Gasteiger partial charge in [-0.25, -0.2) is 0 Å². The molecule has 0 saturated heterocycles. The maximum atomic E-state index is 9.22. The summed E-state index contributed by atoms with van der Waals surface area (Å²) in [5.74, 6) is 0.786. The molecule has 2 rings (SSSR count). The first-order valence-corrected chi connectivity index (χ1v) is 6.53. The van der Waals surface area contributed by atoms with Gasteiger partial charge in [0.25, 0.3) is 0 Å². The van der Waals surface area contributed by atoms with Gasteiger partial charge in [-0.15, -0.1) is 0 Å². The minimum atomic E-state index is -0.254. The van der Waals surface area contributed by atoms with E-state index in [4.69, 9.17) is 4.74 Å². The number of benzene rings is 2. The van der Waals surface area contributed by atoms with Gasteiger partial charge in [0.15, 0.2) is 0 Å². The van der Waals surface area contributed by atoms with Crippen molar-refractivity contribution in [2.45, 2.75) is 12.6 Å². The van der Waals surface area contributed by atoms with Crippen molar-refractivity contribution in [2.24, 2.45) is 0 Å². The first-order valence-electron chi connectivity index (χ1n) is 6.53. The smallest absolute Gasteiger partial charge is 0.123 e. The van der Waals surface area contributed by atoms with Crippen molar-refractivity contribution >= 4 is 0 Å². The summed E-state index contributed by atoms with van der Waals surface area (Å²) in [5, 5.41) is 9.22. The molecule has 20 heavy (non-hydrogen) atoms. The van der Waals surface area contributed by atoms with Crippen LogP contribution in [0.5, 0.6) is 5.75 Å². The number of nitriles is 1. The minimum absolute atomic E-state index is 0.254. The molecule has 0 aliphatic heterocycles. The summed E-state index contributed by atoms with van der Waals surface area (Å²) in [6.07, 6.45) is 0. The SMILES string of the molecule is CN(C)C(C#N)c1cccc(OCc2ccccc2)c1. The standard InChI is InChI=1S/C17H18N2O/c1-19(2)17(12-18)15-9-6-10-16(11-15)20-13-14-7-4-3-5-8-14/h3-11,17H,13H2,1-2H3. The lowest BCUT2D eigenvalue weighted by molar-refractivity contribution is 0.304. The molecule has 0 aromatic heterocycles. The number of ether oxygens (including phenoxy) is 1. The summed E-state index contributed by atoms with van der Waals surface area (Å²) >= 11 is 0. The van der Waals surface area contributed by atoms with E-state index in [1.54, 1.807) is 0 Å². The molecule has 2 aromatic rings. The van der Waals surface area contributed by atoms with E-state index in [2.05, 4.69) is 6.07 Å². The van der Waals surface area contributed by atoms with Crippen molar-refractivity contribution in [3.63, 3.8) is 0 Å². The van der Waals surface area contributed by atoms with Gasteiger partial charge in [-0.05, 0) is 37.4 Å². The summed E-state index contributed by atoms with van der Waals surface area (Å²) in [4.78, 5) is 1.89. The van der Waals surface area contributed by atoms with Gasteiger partial charge in [0, 0.05) is 0 Å². The molecule has 3 heteroatoms. The van der Waals surface area contributed by atoms with Crippen LogP contribution in [0.4, 0.5) is 0 Å². The molecule has 0 fully saturated rings. The Labute approximate surface area is 120 Å². The average Bonchev–Trinajstić information content (AvgIpc) is 2.47. The zero-order chi connectivity index (χ0) is 14.4. The van der Waals surface area contributed by atoms with Gasteiger partial charge in [0.1, 0.15) is 18.4 Å². The Balaban J connectivity index is 2.08. The van der Waals surface area contributed by atoms with Gasteiger partial charge in [0.2, 0.25) is 0 Å². The summed E-state index contributed by atoms with van der Waals surface area (Å²) in [6, 6.07) is 19.8. The van der Waals surface area contributed by atoms with E-state index in [0.717, 1.165) is 16.9 Å². The lowest BCUT2D eigenvalue weighted by atomic mass is 10.1. The van der Waals surface area contributed by atoms with E-state index in [0.29, 0.717) is 6.61 Å². The van der Waals surface area contributed by atoms with Crippen LogP contribution < -0.4 is 4.74 Å². The summed E-state index contributed by atoms with van der Waals surface area (Å²) in [5.41, 5.74) is 2.07. The highest BCUT2D eigenvalue weighted by molar-refractivity contribution is 5.33. The van der Waals surface area contributed by atoms with E-state index in [9.17, 15) is 5.26 Å². The second-order valence-corrected chi connectivity index (χ2v) is 4.84. The molecule has 0 heterocycles. The topological polar surface area (TPSA) is 36.3 Å². The predicted molar refractivity (Wildman–Crippen MR) is 79.3 cm³/mol. The summed E-state index contributed by atoms with van der Waals surface area (Å²) < 4.78 is 5.78. The Kier molecular flexibility index (Phi) is 4.75. The van der Waals surface area contributed by atoms with Crippen molar-refractivity contribution < 1.29 is 4.74 Å². The van der Waals surface area contributed by atoms with Gasteiger partial charge in [-0.3, -0.25) is 4.90 Å². The van der Waals surface area contributed by atoms with Gasteiger partial charge >= 0.3 is 0 Å². The molecule has 0 N–H and O–H groups in total. The predicted octanol–water partition coefficient (Wildman–Crippen LogP) is 3.39. The van der Waals surface area contributed by atoms with Crippen LogP contribution in [-0.4, -0.2) is 19.0 Å². The van der Waals surface area contributed by atoms with Crippen molar-refractivity contribution in [3.05, 3.63) is 65.7 Å². The van der Waals surface area contributed by atoms with E-state index < -0.39 is 0 Å². The van der Waals surface area contributed by atoms with Crippen LogP contribution in [0.2, 0.25) is 0 Å². The zero-order valence-corrected chi connectivity index (χ0v) is 11.8. The zero-order valence-electron chi connectivity index (χ0n) is 11.8. The molecule has 2 aromatic carbocycles. The molecule has 0 amide bonds. The van der Waals surface area contributed by atoms with Crippen molar-refractivity contribution in [1.29, 1.82) is 5.26 Å². The monoisotopic (exact) mass is 266 g/mol. The minimum Gasteiger partial charge on any atom is -0.489 e. The number of nitrogens with zero attached hydrogens (tertiary/aromatic N) is 2. The van der Waals surface area contributed by atoms with Crippen LogP contribution in [0.3, 0.4) is 0 Å². The Morgan fingerprint density at radius 2 is 1.85 bits per heavy atom. The molecule has 0 bridgehead atoms. The third kappa shape index (κ3) is 3.59. The van der Waals surface area contributed by atoms with E-state index in [1.165, 1.54) is 0 Å². The highest BCUT2D eigenvalue weighted by atomic mass is 16.5. The fourth-order valence-electron chi connectivity index (χ4n) is 2.00. The van der Waals surface area contributed by atoms with Gasteiger partial charge in [-0.2, -0.15) is 5.26 Å². The lowest BCUT2D eigenvalue weighted by Crippen LogP contribution is -2.18. The van der Waals surface area contributed by atoms with Crippen molar-refractivity contribution in [3.8, 4) is 11.8 Å². The van der Waals surface area contributed by atoms with Crippen molar-refractivity contribution in [1.82, 2.24) is 4.90 Å². The summed E-state index contributed by atoms with van der Waals surface area (Å²) in [6.45, 7) is 0.531. The molecule has 0 spiro atoms. The van der Waals surface area contributed by atoms with Crippen LogP contribution >= 0.6 is 0 Å². The average molecular weight is 266 g/mol. The van der Waals surface area contributed by atoms with E-state index >= 15 is 0 Å². The second-order valence-electron chi connectivity index (χ2n) is 4.84. The van der Waals surface area contributed by atoms with Gasteiger partial charge < -0.3 is 4.74 Å². The molecule has 3 nitrogen and oxygen atoms in total. The quantitative estimate of drug-likeness (QED) is 0.832. The van der Waals surface area contributed by atoms with E-state index in [-0.39, 0.29) is 6.04 Å². The Morgan fingerprint density at radius 3 is 2.50 bits per heavy atom. The van der Waals surface area contributed by atoms with Crippen LogP contribution in [0.25, 0.3) is 0 Å². The van der Waals surface area contributed by atoms with Crippen LogP contribution in [0.1, 0.15) is 17.2 Å². The molecule has 0 aliphatic carbocycles. The Hall–Kier alpha value is -2.31. The highest BCUT2D eigenvalue weighted by Gasteiger charge is 2.13. The maximum absolute atomic E-state index is 9.22. The maximum Gasteiger partial charge on any atom is 0.123 e. The molecular formula is C17H18N2O. The van der Waals surface area contributed by atoms with Gasteiger partial charge in [-0.1, -0.05) is 42.5 Å². The largest absolute Gasteiger partial charge is 0.489 e. The lowest BCUT2D eigenvalue weighted by Gasteiger charge is -2.18. The van der Waals surface area contributed by atoms with Crippen LogP contribution in [0, 0.1) is 11.3 Å². The highest BCUT2D eigenvalue weighted by Crippen LogP contribution is 2.22. The molecule has 0 aliphatic rings. The fourth-order valence-corrected chi connectivity index (χ4v) is 2.00. The van der Waals surface area contributed by atoms with E-state index in [1.807, 2.05) is 73.6 Å². The van der Waals surface area contributed by atoms with Crippen LogP contribution in [-0.2, 0) is 6.61 Å². The molecule has 0 saturated carbocycles. The first kappa shape index (κ1) is 14.1. The third-order valence-corrected chi connectivity index (χ3v) is 3.06. The molecular weight excluding hydrogens is 248 g/mol. The molecule has 0 radical (unpaired) electrons. The Bertz CT molecular complexity index is 587. The normalized spacial score (nSPS) is 11.9.